The number of carbonyl (C=O) groups excluding carboxylic acids is 1. The molecule has 0 aromatic heterocycles. The van der Waals surface area contributed by atoms with Gasteiger partial charge >= 0.3 is 0 Å². The molecule has 2 aromatic rings. The van der Waals surface area contributed by atoms with Crippen molar-refractivity contribution in [3.63, 3.8) is 0 Å². The standard InChI is InChI=1S/C20H24FNO3/c1-14(2)18-9-4-15(3)12-19(18)25-13-20(23)22-10-11-24-17-7-5-16(21)6-8-17/h4-9,12,14H,10-11,13H2,1-3H3,(H,22,23). The van der Waals surface area contributed by atoms with Gasteiger partial charge < -0.3 is 14.8 Å². The summed E-state index contributed by atoms with van der Waals surface area (Å²) in [5.74, 6) is 1.11. The molecule has 0 saturated heterocycles. The minimum absolute atomic E-state index is 0.0419. The van der Waals surface area contributed by atoms with Crippen LogP contribution in [0.25, 0.3) is 0 Å². The Bertz CT molecular complexity index is 699. The number of nitrogens with one attached hydrogen (secondary N) is 1. The van der Waals surface area contributed by atoms with Crippen molar-refractivity contribution >= 4 is 5.91 Å². The second-order valence-electron chi connectivity index (χ2n) is 6.14. The highest BCUT2D eigenvalue weighted by Gasteiger charge is 2.10. The van der Waals surface area contributed by atoms with Crippen LogP contribution in [-0.4, -0.2) is 25.7 Å². The number of ether oxygens (including phenoxy) is 2. The summed E-state index contributed by atoms with van der Waals surface area (Å²) in [6, 6.07) is 11.8. The molecule has 134 valence electrons. The Morgan fingerprint density at radius 3 is 2.52 bits per heavy atom. The molecule has 0 fully saturated rings. The molecule has 0 unspecified atom stereocenters. The van der Waals surface area contributed by atoms with Gasteiger partial charge in [-0.1, -0.05) is 26.0 Å². The van der Waals surface area contributed by atoms with E-state index in [-0.39, 0.29) is 18.3 Å². The molecule has 4 nitrogen and oxygen atoms in total. The van der Waals surface area contributed by atoms with Gasteiger partial charge in [0.05, 0.1) is 6.54 Å². The van der Waals surface area contributed by atoms with Gasteiger partial charge in [-0.15, -0.1) is 0 Å². The van der Waals surface area contributed by atoms with Gasteiger partial charge in [-0.05, 0) is 54.3 Å². The lowest BCUT2D eigenvalue weighted by Gasteiger charge is -2.15. The fraction of sp³-hybridized carbons (Fsp3) is 0.350. The van der Waals surface area contributed by atoms with Gasteiger partial charge in [-0.25, -0.2) is 4.39 Å². The fourth-order valence-corrected chi connectivity index (χ4v) is 2.33. The summed E-state index contributed by atoms with van der Waals surface area (Å²) in [4.78, 5) is 11.9. The topological polar surface area (TPSA) is 47.6 Å². The summed E-state index contributed by atoms with van der Waals surface area (Å²) in [6.45, 7) is 6.78. The molecule has 0 spiro atoms. The molecule has 5 heteroatoms. The van der Waals surface area contributed by atoms with Crippen molar-refractivity contribution in [2.45, 2.75) is 26.7 Å². The van der Waals surface area contributed by atoms with Crippen LogP contribution >= 0.6 is 0 Å². The van der Waals surface area contributed by atoms with Crippen molar-refractivity contribution in [3.05, 3.63) is 59.4 Å². The number of amides is 1. The van der Waals surface area contributed by atoms with Gasteiger partial charge in [0.25, 0.3) is 5.91 Å². The van der Waals surface area contributed by atoms with Crippen molar-refractivity contribution in [2.24, 2.45) is 0 Å². The maximum absolute atomic E-state index is 12.8. The zero-order chi connectivity index (χ0) is 18.2. The SMILES string of the molecule is Cc1ccc(C(C)C)c(OCC(=O)NCCOc2ccc(F)cc2)c1. The molecule has 0 saturated carbocycles. The highest BCUT2D eigenvalue weighted by Crippen LogP contribution is 2.27. The lowest BCUT2D eigenvalue weighted by molar-refractivity contribution is -0.123. The Balaban J connectivity index is 1.74. The first kappa shape index (κ1) is 18.8. The number of aryl methyl sites for hydroxylation is 1. The largest absolute Gasteiger partial charge is 0.492 e. The third kappa shape index (κ3) is 6.10. The molecule has 1 N–H and O–H groups in total. The first-order valence-corrected chi connectivity index (χ1v) is 8.34. The summed E-state index contributed by atoms with van der Waals surface area (Å²) in [5, 5.41) is 2.73. The molecule has 2 rings (SSSR count). The average Bonchev–Trinajstić information content (AvgIpc) is 2.58. The van der Waals surface area contributed by atoms with E-state index in [1.165, 1.54) is 12.1 Å². The summed E-state index contributed by atoms with van der Waals surface area (Å²) >= 11 is 0. The van der Waals surface area contributed by atoms with Crippen LogP contribution in [0.1, 0.15) is 30.9 Å². The second kappa shape index (κ2) is 9.06. The maximum Gasteiger partial charge on any atom is 0.258 e. The Kier molecular flexibility index (Phi) is 6.81. The van der Waals surface area contributed by atoms with Crippen LogP contribution < -0.4 is 14.8 Å². The molecule has 25 heavy (non-hydrogen) atoms. The van der Waals surface area contributed by atoms with Gasteiger partial charge in [0.2, 0.25) is 0 Å². The molecular formula is C20H24FNO3. The van der Waals surface area contributed by atoms with Crippen LogP contribution in [0.5, 0.6) is 11.5 Å². The summed E-state index contributed by atoms with van der Waals surface area (Å²) in [6.07, 6.45) is 0. The van der Waals surface area contributed by atoms with Crippen LogP contribution in [0.15, 0.2) is 42.5 Å². The monoisotopic (exact) mass is 345 g/mol. The number of halogens is 1. The lowest BCUT2D eigenvalue weighted by Crippen LogP contribution is -2.32. The number of hydrogen-bond acceptors (Lipinski definition) is 3. The number of benzene rings is 2. The van der Waals surface area contributed by atoms with E-state index >= 15 is 0 Å². The van der Waals surface area contributed by atoms with Crippen molar-refractivity contribution in [1.82, 2.24) is 5.32 Å². The Morgan fingerprint density at radius 1 is 1.12 bits per heavy atom. The highest BCUT2D eigenvalue weighted by molar-refractivity contribution is 5.77. The normalized spacial score (nSPS) is 10.6. The molecule has 2 aromatic carbocycles. The van der Waals surface area contributed by atoms with Gasteiger partial charge in [-0.3, -0.25) is 4.79 Å². The Morgan fingerprint density at radius 2 is 1.84 bits per heavy atom. The molecule has 0 atom stereocenters. The van der Waals surface area contributed by atoms with E-state index in [9.17, 15) is 9.18 Å². The smallest absolute Gasteiger partial charge is 0.258 e. The van der Waals surface area contributed by atoms with E-state index in [0.29, 0.717) is 24.8 Å². The van der Waals surface area contributed by atoms with Crippen LogP contribution in [0.2, 0.25) is 0 Å². The third-order valence-corrected chi connectivity index (χ3v) is 3.66. The summed E-state index contributed by atoms with van der Waals surface area (Å²) in [5.41, 5.74) is 2.17. The molecule has 1 amide bonds. The van der Waals surface area contributed by atoms with E-state index in [0.717, 1.165) is 16.9 Å². The highest BCUT2D eigenvalue weighted by atomic mass is 19.1. The molecule has 0 bridgehead atoms. The van der Waals surface area contributed by atoms with Crippen molar-refractivity contribution in [2.75, 3.05) is 19.8 Å². The predicted octanol–water partition coefficient (Wildman–Crippen LogP) is 3.83. The van der Waals surface area contributed by atoms with E-state index in [2.05, 4.69) is 19.2 Å². The molecular weight excluding hydrogens is 321 g/mol. The fourth-order valence-electron chi connectivity index (χ4n) is 2.33. The van der Waals surface area contributed by atoms with Crippen LogP contribution in [-0.2, 0) is 4.79 Å². The lowest BCUT2D eigenvalue weighted by atomic mass is 10.0. The van der Waals surface area contributed by atoms with Crippen molar-refractivity contribution in [3.8, 4) is 11.5 Å². The van der Waals surface area contributed by atoms with Crippen LogP contribution in [0.4, 0.5) is 4.39 Å². The van der Waals surface area contributed by atoms with Gasteiger partial charge in [0, 0.05) is 0 Å². The number of carbonyl (C=O) groups is 1. The van der Waals surface area contributed by atoms with Crippen LogP contribution in [0, 0.1) is 12.7 Å². The predicted molar refractivity (Wildman–Crippen MR) is 95.7 cm³/mol. The minimum Gasteiger partial charge on any atom is -0.492 e. The van der Waals surface area contributed by atoms with E-state index in [1.54, 1.807) is 12.1 Å². The molecule has 0 aliphatic carbocycles. The van der Waals surface area contributed by atoms with Gasteiger partial charge in [0.1, 0.15) is 23.9 Å². The number of rotatable bonds is 8. The zero-order valence-corrected chi connectivity index (χ0v) is 14.8. The zero-order valence-electron chi connectivity index (χ0n) is 14.8. The quantitative estimate of drug-likeness (QED) is 0.740. The summed E-state index contributed by atoms with van der Waals surface area (Å²) < 4.78 is 23.9. The second-order valence-corrected chi connectivity index (χ2v) is 6.14. The van der Waals surface area contributed by atoms with E-state index < -0.39 is 0 Å². The molecule has 0 radical (unpaired) electrons. The molecule has 0 heterocycles. The third-order valence-electron chi connectivity index (χ3n) is 3.66. The number of hydrogen-bond donors (Lipinski definition) is 1. The minimum atomic E-state index is -0.310. The first-order valence-electron chi connectivity index (χ1n) is 8.34. The first-order chi connectivity index (χ1) is 12.0. The Hall–Kier alpha value is -2.56. The Labute approximate surface area is 148 Å². The van der Waals surface area contributed by atoms with Gasteiger partial charge in [0.15, 0.2) is 6.61 Å². The average molecular weight is 345 g/mol. The molecule has 0 aliphatic rings. The van der Waals surface area contributed by atoms with E-state index in [1.807, 2.05) is 25.1 Å². The maximum atomic E-state index is 12.8. The molecule has 0 aliphatic heterocycles. The van der Waals surface area contributed by atoms with E-state index in [4.69, 9.17) is 9.47 Å². The van der Waals surface area contributed by atoms with Crippen molar-refractivity contribution in [1.29, 1.82) is 0 Å². The van der Waals surface area contributed by atoms with Gasteiger partial charge in [-0.2, -0.15) is 0 Å². The van der Waals surface area contributed by atoms with Crippen LogP contribution in [0.3, 0.4) is 0 Å². The summed E-state index contributed by atoms with van der Waals surface area (Å²) in [7, 11) is 0. The van der Waals surface area contributed by atoms with Crippen molar-refractivity contribution < 1.29 is 18.7 Å².